The predicted molar refractivity (Wildman–Crippen MR) is 97.6 cm³/mol. The summed E-state index contributed by atoms with van der Waals surface area (Å²) in [7, 11) is 0. The first-order valence-corrected chi connectivity index (χ1v) is 9.78. The maximum absolute atomic E-state index is 11.9. The van der Waals surface area contributed by atoms with Gasteiger partial charge >= 0.3 is 5.97 Å². The Hall–Kier alpha value is -1.09. The largest absolute Gasteiger partial charge is 0.462 e. The summed E-state index contributed by atoms with van der Waals surface area (Å²) in [5.41, 5.74) is -0.726. The smallest absolute Gasteiger partial charge is 0.306 e. The highest BCUT2D eigenvalue weighted by Gasteiger charge is 2.36. The fourth-order valence-electron chi connectivity index (χ4n) is 3.88. The van der Waals surface area contributed by atoms with E-state index in [1.807, 2.05) is 13.0 Å². The molecular formula is C21H34O3. The summed E-state index contributed by atoms with van der Waals surface area (Å²) >= 11 is 0. The molecule has 1 N–H and O–H groups in total. The van der Waals surface area contributed by atoms with E-state index >= 15 is 0 Å². The van der Waals surface area contributed by atoms with Gasteiger partial charge in [-0.25, -0.2) is 0 Å². The van der Waals surface area contributed by atoms with Crippen LogP contribution in [-0.4, -0.2) is 22.8 Å². The molecule has 1 aliphatic carbocycles. The highest BCUT2D eigenvalue weighted by Crippen LogP contribution is 2.39. The van der Waals surface area contributed by atoms with Crippen LogP contribution in [-0.2, 0) is 9.53 Å². The number of esters is 1. The summed E-state index contributed by atoms with van der Waals surface area (Å²) in [4.78, 5) is 11.9. The van der Waals surface area contributed by atoms with Crippen LogP contribution in [0.2, 0.25) is 0 Å². The van der Waals surface area contributed by atoms with Gasteiger partial charge in [0.15, 0.2) is 0 Å². The number of unbranched alkanes of at least 4 members (excludes halogenated alkanes) is 2. The standard InChI is InChI=1S/C21H34O3/c1-3-4-9-15-21(2,23)16-14-17-12-13-19-18(17)10-7-5-6-8-11-20(22)24-19/h5,7,14,16-19,23H,3-4,6,8-13,15H2,1-2H3/b7-5-,16-14+/t17-,18-,19+,21?/m1/s1. The van der Waals surface area contributed by atoms with Crippen LogP contribution >= 0.6 is 0 Å². The van der Waals surface area contributed by atoms with E-state index < -0.39 is 5.60 Å². The van der Waals surface area contributed by atoms with Gasteiger partial charge in [-0.1, -0.05) is 50.5 Å². The highest BCUT2D eigenvalue weighted by molar-refractivity contribution is 5.69. The van der Waals surface area contributed by atoms with Crippen LogP contribution in [0, 0.1) is 11.8 Å². The minimum Gasteiger partial charge on any atom is -0.462 e. The lowest BCUT2D eigenvalue weighted by molar-refractivity contribution is -0.151. The highest BCUT2D eigenvalue weighted by atomic mass is 16.5. The lowest BCUT2D eigenvalue weighted by atomic mass is 9.88. The predicted octanol–water partition coefficient (Wildman–Crippen LogP) is 4.94. The zero-order chi connectivity index (χ0) is 17.4. The van der Waals surface area contributed by atoms with Crippen molar-refractivity contribution in [1.29, 1.82) is 0 Å². The van der Waals surface area contributed by atoms with Gasteiger partial charge in [-0.3, -0.25) is 4.79 Å². The first-order valence-electron chi connectivity index (χ1n) is 9.78. The Bertz CT molecular complexity index is 450. The molecule has 0 radical (unpaired) electrons. The third-order valence-corrected chi connectivity index (χ3v) is 5.41. The number of hydrogen-bond donors (Lipinski definition) is 1. The maximum Gasteiger partial charge on any atom is 0.306 e. The number of allylic oxidation sites excluding steroid dienone is 3. The Labute approximate surface area is 147 Å². The fraction of sp³-hybridized carbons (Fsp3) is 0.762. The topological polar surface area (TPSA) is 46.5 Å². The molecule has 1 heterocycles. The second kappa shape index (κ2) is 9.41. The molecule has 1 saturated carbocycles. The van der Waals surface area contributed by atoms with E-state index in [0.29, 0.717) is 18.3 Å². The molecule has 1 fully saturated rings. The number of fused-ring (bicyclic) bond motifs is 1. The number of rotatable bonds is 6. The van der Waals surface area contributed by atoms with Crippen molar-refractivity contribution >= 4 is 5.97 Å². The van der Waals surface area contributed by atoms with Crippen molar-refractivity contribution < 1.29 is 14.6 Å². The minimum atomic E-state index is -0.726. The molecule has 0 amide bonds. The van der Waals surface area contributed by atoms with E-state index in [2.05, 4.69) is 25.2 Å². The number of carbonyl (C=O) groups excluding carboxylic acids is 1. The van der Waals surface area contributed by atoms with Crippen molar-refractivity contribution in [3.8, 4) is 0 Å². The molecular weight excluding hydrogens is 300 g/mol. The molecule has 3 nitrogen and oxygen atoms in total. The SMILES string of the molecule is CCCCCC(C)(O)/C=C/[C@H]1CC[C@@H]2OC(=O)CCC/C=C\C[C@@H]21. The monoisotopic (exact) mass is 334 g/mol. The van der Waals surface area contributed by atoms with Crippen LogP contribution in [0.5, 0.6) is 0 Å². The average molecular weight is 335 g/mol. The third-order valence-electron chi connectivity index (χ3n) is 5.41. The molecule has 1 unspecified atom stereocenters. The van der Waals surface area contributed by atoms with E-state index in [0.717, 1.165) is 44.9 Å². The molecule has 1 aliphatic heterocycles. The molecule has 0 aromatic heterocycles. The molecule has 0 aromatic rings. The Morgan fingerprint density at radius 1 is 1.33 bits per heavy atom. The van der Waals surface area contributed by atoms with Crippen LogP contribution in [0.3, 0.4) is 0 Å². The van der Waals surface area contributed by atoms with Crippen LogP contribution in [0.15, 0.2) is 24.3 Å². The zero-order valence-electron chi connectivity index (χ0n) is 15.4. The molecule has 0 spiro atoms. The van der Waals surface area contributed by atoms with Gasteiger partial charge in [-0.05, 0) is 51.4 Å². The molecule has 136 valence electrons. The molecule has 0 bridgehead atoms. The first kappa shape index (κ1) is 19.2. The zero-order valence-corrected chi connectivity index (χ0v) is 15.4. The number of ether oxygens (including phenoxy) is 1. The molecule has 4 atom stereocenters. The quantitative estimate of drug-likeness (QED) is 0.425. The van der Waals surface area contributed by atoms with E-state index in [9.17, 15) is 9.90 Å². The average Bonchev–Trinajstić information content (AvgIpc) is 2.91. The summed E-state index contributed by atoms with van der Waals surface area (Å²) in [5, 5.41) is 10.5. The van der Waals surface area contributed by atoms with Crippen molar-refractivity contribution in [2.45, 2.75) is 89.8 Å². The number of aliphatic hydroxyl groups is 1. The Balaban J connectivity index is 1.98. The molecule has 24 heavy (non-hydrogen) atoms. The van der Waals surface area contributed by atoms with Gasteiger partial charge in [0.2, 0.25) is 0 Å². The Morgan fingerprint density at radius 2 is 2.17 bits per heavy atom. The molecule has 2 rings (SSSR count). The van der Waals surface area contributed by atoms with Crippen molar-refractivity contribution in [3.05, 3.63) is 24.3 Å². The summed E-state index contributed by atoms with van der Waals surface area (Å²) in [5.74, 6) is 0.701. The lowest BCUT2D eigenvalue weighted by Crippen LogP contribution is -2.25. The van der Waals surface area contributed by atoms with Crippen molar-refractivity contribution in [1.82, 2.24) is 0 Å². The Kier molecular flexibility index (Phi) is 7.54. The number of carbonyl (C=O) groups is 1. The van der Waals surface area contributed by atoms with E-state index in [-0.39, 0.29) is 12.1 Å². The van der Waals surface area contributed by atoms with Crippen LogP contribution in [0.1, 0.15) is 78.1 Å². The summed E-state index contributed by atoms with van der Waals surface area (Å²) in [6.45, 7) is 4.08. The molecule has 2 aliphatic rings. The molecule has 3 heteroatoms. The van der Waals surface area contributed by atoms with Gasteiger partial charge in [0.05, 0.1) is 5.60 Å². The minimum absolute atomic E-state index is 0.0416. The summed E-state index contributed by atoms with van der Waals surface area (Å²) < 4.78 is 5.72. The van der Waals surface area contributed by atoms with E-state index in [4.69, 9.17) is 4.74 Å². The van der Waals surface area contributed by atoms with Crippen LogP contribution < -0.4 is 0 Å². The van der Waals surface area contributed by atoms with Gasteiger partial charge in [-0.15, -0.1) is 0 Å². The maximum atomic E-state index is 11.9. The summed E-state index contributed by atoms with van der Waals surface area (Å²) in [6.07, 6.45) is 18.2. The second-order valence-corrected chi connectivity index (χ2v) is 7.71. The van der Waals surface area contributed by atoms with Gasteiger partial charge in [0.1, 0.15) is 6.10 Å². The van der Waals surface area contributed by atoms with Gasteiger partial charge in [0, 0.05) is 12.3 Å². The lowest BCUT2D eigenvalue weighted by Gasteiger charge is -2.24. The van der Waals surface area contributed by atoms with E-state index in [1.165, 1.54) is 12.8 Å². The van der Waals surface area contributed by atoms with Crippen molar-refractivity contribution in [3.63, 3.8) is 0 Å². The fourth-order valence-corrected chi connectivity index (χ4v) is 3.88. The van der Waals surface area contributed by atoms with E-state index in [1.54, 1.807) is 0 Å². The molecule has 0 saturated heterocycles. The third kappa shape index (κ3) is 6.08. The van der Waals surface area contributed by atoms with Gasteiger partial charge in [0.25, 0.3) is 0 Å². The first-order chi connectivity index (χ1) is 11.5. The van der Waals surface area contributed by atoms with Crippen LogP contribution in [0.25, 0.3) is 0 Å². The molecule has 0 aromatic carbocycles. The van der Waals surface area contributed by atoms with Gasteiger partial charge in [-0.2, -0.15) is 0 Å². The van der Waals surface area contributed by atoms with Crippen molar-refractivity contribution in [2.24, 2.45) is 11.8 Å². The number of hydrogen-bond acceptors (Lipinski definition) is 3. The van der Waals surface area contributed by atoms with Gasteiger partial charge < -0.3 is 9.84 Å². The Morgan fingerprint density at radius 3 is 2.96 bits per heavy atom. The normalized spacial score (nSPS) is 32.1. The van der Waals surface area contributed by atoms with Crippen molar-refractivity contribution in [2.75, 3.05) is 0 Å². The summed E-state index contributed by atoms with van der Waals surface area (Å²) in [6, 6.07) is 0. The second-order valence-electron chi connectivity index (χ2n) is 7.71. The van der Waals surface area contributed by atoms with Crippen LogP contribution in [0.4, 0.5) is 0 Å².